The molecule has 0 N–H and O–H groups in total. The Labute approximate surface area is 123 Å². The molecule has 0 atom stereocenters. The van der Waals surface area contributed by atoms with E-state index in [4.69, 9.17) is 0 Å². The van der Waals surface area contributed by atoms with Gasteiger partial charge < -0.3 is 0 Å². The summed E-state index contributed by atoms with van der Waals surface area (Å²) >= 11 is 0. The maximum absolute atomic E-state index is 4.23. The van der Waals surface area contributed by atoms with Crippen LogP contribution >= 0.6 is 0 Å². The van der Waals surface area contributed by atoms with E-state index in [1.165, 1.54) is 38.5 Å². The first-order valence-corrected chi connectivity index (χ1v) is 8.88. The topological polar surface area (TPSA) is 0 Å². The first kappa shape index (κ1) is 12.1. The first-order chi connectivity index (χ1) is 9.61. The highest BCUT2D eigenvalue weighted by Crippen LogP contribution is 2.77. The van der Waals surface area contributed by atoms with Crippen molar-refractivity contribution in [1.29, 1.82) is 0 Å². The molecular weight excluding hydrogens is 240 g/mol. The highest BCUT2D eigenvalue weighted by atomic mass is 14.7. The van der Waals surface area contributed by atoms with Gasteiger partial charge in [-0.2, -0.15) is 0 Å². The van der Waals surface area contributed by atoms with Gasteiger partial charge in [-0.3, -0.25) is 0 Å². The molecule has 7 rings (SSSR count). The van der Waals surface area contributed by atoms with Crippen molar-refractivity contribution in [2.75, 3.05) is 0 Å². The van der Waals surface area contributed by atoms with E-state index in [1.807, 2.05) is 0 Å². The Morgan fingerprint density at radius 3 is 1.60 bits per heavy atom. The summed E-state index contributed by atoms with van der Waals surface area (Å²) < 4.78 is 0. The molecule has 0 aromatic carbocycles. The van der Waals surface area contributed by atoms with Crippen LogP contribution in [0, 0.1) is 46.3 Å². The fourth-order valence-electron chi connectivity index (χ4n) is 8.02. The summed E-state index contributed by atoms with van der Waals surface area (Å²) in [5.41, 5.74) is 2.92. The molecule has 0 heterocycles. The second-order valence-electron chi connectivity index (χ2n) is 9.03. The summed E-state index contributed by atoms with van der Waals surface area (Å²) in [5, 5.41) is 0. The minimum Gasteiger partial charge on any atom is -0.103 e. The molecule has 8 bridgehead atoms. The van der Waals surface area contributed by atoms with Crippen LogP contribution in [0.5, 0.6) is 0 Å². The molecule has 0 saturated heterocycles. The number of allylic oxidation sites excluding steroid dienone is 3. The molecule has 20 heavy (non-hydrogen) atoms. The van der Waals surface area contributed by atoms with Gasteiger partial charge in [-0.05, 0) is 98.7 Å². The van der Waals surface area contributed by atoms with Crippen molar-refractivity contribution in [2.45, 2.75) is 52.4 Å². The smallest absolute Gasteiger partial charge is 0.00824 e. The minimum absolute atomic E-state index is 0.566. The Hall–Kier alpha value is -0.520. The van der Waals surface area contributed by atoms with Gasteiger partial charge in [0.05, 0.1) is 0 Å². The standard InChI is InChI=1S/C20H28/c1-4-12(3)20-9-16-13-6-19(5-2)7-14(16)18(11-20)15(8-19)17(13)10-20/h4-5,13-18H,2,6-11H2,1,3H3/b12-4-. The third-order valence-corrected chi connectivity index (χ3v) is 8.81. The molecule has 7 saturated carbocycles. The Balaban J connectivity index is 1.61. The molecule has 0 unspecified atom stereocenters. The average Bonchev–Trinajstić information content (AvgIpc) is 2.50. The molecule has 0 radical (unpaired) electrons. The van der Waals surface area contributed by atoms with E-state index in [-0.39, 0.29) is 0 Å². The van der Waals surface area contributed by atoms with E-state index in [9.17, 15) is 0 Å². The van der Waals surface area contributed by atoms with Crippen LogP contribution in [0.1, 0.15) is 52.4 Å². The van der Waals surface area contributed by atoms with Crippen LogP contribution < -0.4 is 0 Å². The van der Waals surface area contributed by atoms with Gasteiger partial charge >= 0.3 is 0 Å². The van der Waals surface area contributed by atoms with Crippen molar-refractivity contribution >= 4 is 0 Å². The van der Waals surface area contributed by atoms with Crippen molar-refractivity contribution < 1.29 is 0 Å². The molecule has 108 valence electrons. The Bertz CT molecular complexity index is 445. The lowest BCUT2D eigenvalue weighted by Gasteiger charge is -2.75. The fraction of sp³-hybridized carbons (Fsp3) is 0.800. The molecule has 0 spiro atoms. The largest absolute Gasteiger partial charge is 0.103 e. The minimum atomic E-state index is 0.566. The predicted octanol–water partition coefficient (Wildman–Crippen LogP) is 5.22. The van der Waals surface area contributed by atoms with Gasteiger partial charge in [-0.15, -0.1) is 6.58 Å². The zero-order valence-corrected chi connectivity index (χ0v) is 13.1. The average molecular weight is 268 g/mol. The van der Waals surface area contributed by atoms with E-state index in [2.05, 4.69) is 32.6 Å². The van der Waals surface area contributed by atoms with Crippen LogP contribution in [0.15, 0.2) is 24.3 Å². The van der Waals surface area contributed by atoms with Crippen molar-refractivity contribution in [3.8, 4) is 0 Å². The molecule has 0 nitrogen and oxygen atoms in total. The summed E-state index contributed by atoms with van der Waals surface area (Å²) in [6, 6.07) is 0. The molecule has 0 aromatic heterocycles. The van der Waals surface area contributed by atoms with Gasteiger partial charge in [0, 0.05) is 0 Å². The van der Waals surface area contributed by atoms with Crippen molar-refractivity contribution in [3.05, 3.63) is 24.3 Å². The second-order valence-corrected chi connectivity index (χ2v) is 9.03. The lowest BCUT2D eigenvalue weighted by atomic mass is 9.30. The maximum Gasteiger partial charge on any atom is -0.00824 e. The maximum atomic E-state index is 4.23. The summed E-state index contributed by atoms with van der Waals surface area (Å²) in [7, 11) is 0. The van der Waals surface area contributed by atoms with E-state index in [1.54, 1.807) is 5.57 Å². The third-order valence-electron chi connectivity index (χ3n) is 8.81. The molecule has 7 aliphatic carbocycles. The molecule has 7 fully saturated rings. The van der Waals surface area contributed by atoms with Crippen molar-refractivity contribution in [2.24, 2.45) is 46.3 Å². The van der Waals surface area contributed by atoms with Crippen LogP contribution in [0.25, 0.3) is 0 Å². The third kappa shape index (κ3) is 1.14. The second kappa shape index (κ2) is 3.45. The van der Waals surface area contributed by atoms with E-state index < -0.39 is 0 Å². The normalized spacial score (nSPS) is 62.2. The van der Waals surface area contributed by atoms with Crippen molar-refractivity contribution in [3.63, 3.8) is 0 Å². The highest BCUT2D eigenvalue weighted by molar-refractivity contribution is 5.27. The van der Waals surface area contributed by atoms with Crippen LogP contribution in [-0.4, -0.2) is 0 Å². The van der Waals surface area contributed by atoms with Crippen LogP contribution in [0.4, 0.5) is 0 Å². The summed E-state index contributed by atoms with van der Waals surface area (Å²) in [6.07, 6.45) is 13.9. The Kier molecular flexibility index (Phi) is 2.08. The SMILES string of the molecule is C=CC12CC3C4CC5(/C(C)=C\C)CC3C(C1)C(C5)C4C2. The lowest BCUT2D eigenvalue weighted by molar-refractivity contribution is -0.239. The van der Waals surface area contributed by atoms with E-state index in [0.717, 1.165) is 35.5 Å². The van der Waals surface area contributed by atoms with Crippen LogP contribution in [0.2, 0.25) is 0 Å². The molecule has 7 aliphatic rings. The highest BCUT2D eigenvalue weighted by Gasteiger charge is 2.69. The summed E-state index contributed by atoms with van der Waals surface area (Å²) in [6.45, 7) is 8.92. The van der Waals surface area contributed by atoms with Gasteiger partial charge in [0.1, 0.15) is 0 Å². The van der Waals surface area contributed by atoms with Gasteiger partial charge in [-0.1, -0.05) is 17.7 Å². The zero-order valence-electron chi connectivity index (χ0n) is 13.1. The summed E-state index contributed by atoms with van der Waals surface area (Å²) in [5.74, 6) is 6.44. The van der Waals surface area contributed by atoms with Gasteiger partial charge in [0.2, 0.25) is 0 Å². The number of rotatable bonds is 2. The van der Waals surface area contributed by atoms with Gasteiger partial charge in [-0.25, -0.2) is 0 Å². The van der Waals surface area contributed by atoms with Gasteiger partial charge in [0.25, 0.3) is 0 Å². The zero-order chi connectivity index (χ0) is 13.7. The van der Waals surface area contributed by atoms with Crippen LogP contribution in [-0.2, 0) is 0 Å². The predicted molar refractivity (Wildman–Crippen MR) is 83.1 cm³/mol. The fourth-order valence-corrected chi connectivity index (χ4v) is 8.02. The molecule has 0 aromatic rings. The molecule has 0 aliphatic heterocycles. The van der Waals surface area contributed by atoms with Gasteiger partial charge in [0.15, 0.2) is 0 Å². The van der Waals surface area contributed by atoms with Crippen molar-refractivity contribution in [1.82, 2.24) is 0 Å². The van der Waals surface area contributed by atoms with E-state index >= 15 is 0 Å². The van der Waals surface area contributed by atoms with Crippen LogP contribution in [0.3, 0.4) is 0 Å². The first-order valence-electron chi connectivity index (χ1n) is 8.88. The molecule has 0 heteroatoms. The van der Waals surface area contributed by atoms with E-state index in [0.29, 0.717) is 10.8 Å². The molecule has 0 amide bonds. The molecular formula is C20H28. The Morgan fingerprint density at radius 1 is 0.850 bits per heavy atom. The summed E-state index contributed by atoms with van der Waals surface area (Å²) in [4.78, 5) is 0. The Morgan fingerprint density at radius 2 is 1.25 bits per heavy atom. The quantitative estimate of drug-likeness (QED) is 0.602. The lowest BCUT2D eigenvalue weighted by Crippen LogP contribution is -2.67. The monoisotopic (exact) mass is 268 g/mol. The number of hydrogen-bond acceptors (Lipinski definition) is 0. The number of hydrogen-bond donors (Lipinski definition) is 0.